The molecule has 1 saturated heterocycles. The zero-order chi connectivity index (χ0) is 13.9. The van der Waals surface area contributed by atoms with Gasteiger partial charge in [-0.3, -0.25) is 4.79 Å². The first-order valence-electron chi connectivity index (χ1n) is 6.57. The molecular weight excluding hydrogens is 242 g/mol. The van der Waals surface area contributed by atoms with Crippen molar-refractivity contribution in [2.75, 3.05) is 19.0 Å². The van der Waals surface area contributed by atoms with Gasteiger partial charge in [0, 0.05) is 6.07 Å². The number of hydrogen-bond acceptors (Lipinski definition) is 4. The third kappa shape index (κ3) is 3.23. The van der Waals surface area contributed by atoms with Crippen molar-refractivity contribution in [2.24, 2.45) is 5.41 Å². The molecule has 1 aromatic rings. The Hall–Kier alpha value is -1.62. The van der Waals surface area contributed by atoms with Crippen LogP contribution in [-0.4, -0.2) is 30.6 Å². The summed E-state index contributed by atoms with van der Waals surface area (Å²) in [5.74, 6) is 0.533. The fourth-order valence-corrected chi connectivity index (χ4v) is 2.45. The Balaban J connectivity index is 2.03. The molecule has 5 heteroatoms. The molecule has 1 aromatic heterocycles. The minimum absolute atomic E-state index is 0.00309. The first kappa shape index (κ1) is 13.8. The Labute approximate surface area is 113 Å². The predicted molar refractivity (Wildman–Crippen MR) is 74.2 cm³/mol. The van der Waals surface area contributed by atoms with E-state index in [0.29, 0.717) is 11.6 Å². The van der Waals surface area contributed by atoms with Gasteiger partial charge in [0.15, 0.2) is 0 Å². The van der Waals surface area contributed by atoms with Crippen molar-refractivity contribution < 1.29 is 9.53 Å². The van der Waals surface area contributed by atoms with E-state index in [9.17, 15) is 4.79 Å². The maximum atomic E-state index is 12.3. The summed E-state index contributed by atoms with van der Waals surface area (Å²) >= 11 is 0. The number of ether oxygens (including phenoxy) is 1. The van der Waals surface area contributed by atoms with E-state index in [1.807, 2.05) is 0 Å². The smallest absolute Gasteiger partial charge is 0.242 e. The first-order chi connectivity index (χ1) is 9.03. The van der Waals surface area contributed by atoms with Crippen LogP contribution in [0, 0.1) is 5.41 Å². The number of nitrogens with one attached hydrogen (secondary N) is 2. The van der Waals surface area contributed by atoms with Crippen LogP contribution in [0.1, 0.15) is 26.7 Å². The summed E-state index contributed by atoms with van der Waals surface area (Å²) in [5, 5.41) is 6.19. The van der Waals surface area contributed by atoms with Crippen molar-refractivity contribution >= 4 is 11.6 Å². The number of rotatable bonds is 3. The van der Waals surface area contributed by atoms with Gasteiger partial charge in [0.1, 0.15) is 0 Å². The molecule has 0 bridgehead atoms. The van der Waals surface area contributed by atoms with Crippen molar-refractivity contribution in [2.45, 2.75) is 32.7 Å². The van der Waals surface area contributed by atoms with Gasteiger partial charge >= 0.3 is 0 Å². The predicted octanol–water partition coefficient (Wildman–Crippen LogP) is 1.81. The molecular formula is C14H21N3O2. The minimum Gasteiger partial charge on any atom is -0.481 e. The first-order valence-corrected chi connectivity index (χ1v) is 6.57. The quantitative estimate of drug-likeness (QED) is 0.873. The molecule has 0 aromatic carbocycles. The van der Waals surface area contributed by atoms with Crippen molar-refractivity contribution in [3.05, 3.63) is 18.3 Å². The van der Waals surface area contributed by atoms with Crippen LogP contribution in [0.5, 0.6) is 5.88 Å². The molecule has 0 aliphatic carbocycles. The fraction of sp³-hybridized carbons (Fsp3) is 0.571. The average molecular weight is 263 g/mol. The number of pyridine rings is 1. The summed E-state index contributed by atoms with van der Waals surface area (Å²) in [4.78, 5) is 16.4. The molecule has 1 amide bonds. The van der Waals surface area contributed by atoms with Crippen molar-refractivity contribution in [3.8, 4) is 5.88 Å². The van der Waals surface area contributed by atoms with Gasteiger partial charge in [-0.15, -0.1) is 0 Å². The molecule has 0 radical (unpaired) electrons. The number of anilines is 1. The number of carbonyl (C=O) groups excluding carboxylic acids is 1. The van der Waals surface area contributed by atoms with E-state index >= 15 is 0 Å². The van der Waals surface area contributed by atoms with Gasteiger partial charge < -0.3 is 15.4 Å². The molecule has 104 valence electrons. The second kappa shape index (κ2) is 5.57. The van der Waals surface area contributed by atoms with Crippen LogP contribution < -0.4 is 15.4 Å². The highest BCUT2D eigenvalue weighted by atomic mass is 16.5. The molecule has 0 spiro atoms. The van der Waals surface area contributed by atoms with Crippen LogP contribution in [-0.2, 0) is 4.79 Å². The van der Waals surface area contributed by atoms with Crippen LogP contribution in [0.15, 0.2) is 18.3 Å². The highest BCUT2D eigenvalue weighted by Crippen LogP contribution is 2.30. The van der Waals surface area contributed by atoms with Gasteiger partial charge in [-0.05, 0) is 30.9 Å². The van der Waals surface area contributed by atoms with Gasteiger partial charge in [0.25, 0.3) is 0 Å². The average Bonchev–Trinajstić information content (AvgIpc) is 2.39. The van der Waals surface area contributed by atoms with Gasteiger partial charge in [0.2, 0.25) is 11.8 Å². The Morgan fingerprint density at radius 1 is 1.53 bits per heavy atom. The van der Waals surface area contributed by atoms with Gasteiger partial charge in [0.05, 0.1) is 25.0 Å². The lowest BCUT2D eigenvalue weighted by Gasteiger charge is -2.38. The van der Waals surface area contributed by atoms with E-state index < -0.39 is 0 Å². The van der Waals surface area contributed by atoms with Gasteiger partial charge in [-0.1, -0.05) is 13.8 Å². The fourth-order valence-electron chi connectivity index (χ4n) is 2.45. The maximum Gasteiger partial charge on any atom is 0.242 e. The summed E-state index contributed by atoms with van der Waals surface area (Å²) in [7, 11) is 1.56. The summed E-state index contributed by atoms with van der Waals surface area (Å²) in [5.41, 5.74) is 0.663. The van der Waals surface area contributed by atoms with E-state index in [0.717, 1.165) is 19.4 Å². The standard InChI is InChI=1S/C14H21N3O2/c1-14(2)7-4-8-15-12(14)13(18)17-10-5-6-11(19-3)16-9-10/h5-6,9,12,15H,4,7-8H2,1-3H3,(H,17,18). The number of nitrogens with zero attached hydrogens (tertiary/aromatic N) is 1. The van der Waals surface area contributed by atoms with E-state index in [1.165, 1.54) is 0 Å². The number of carbonyl (C=O) groups is 1. The molecule has 2 rings (SSSR count). The molecule has 1 aliphatic heterocycles. The molecule has 19 heavy (non-hydrogen) atoms. The summed E-state index contributed by atoms with van der Waals surface area (Å²) in [6.07, 6.45) is 3.77. The number of amides is 1. The highest BCUT2D eigenvalue weighted by Gasteiger charge is 2.37. The Morgan fingerprint density at radius 2 is 2.32 bits per heavy atom. The zero-order valence-corrected chi connectivity index (χ0v) is 11.7. The molecule has 2 heterocycles. The van der Waals surface area contributed by atoms with E-state index in [4.69, 9.17) is 4.74 Å². The van der Waals surface area contributed by atoms with E-state index in [1.54, 1.807) is 25.4 Å². The number of piperidine rings is 1. The van der Waals surface area contributed by atoms with Crippen molar-refractivity contribution in [1.82, 2.24) is 10.3 Å². The Kier molecular flexibility index (Phi) is 4.04. The SMILES string of the molecule is COc1ccc(NC(=O)C2NCCCC2(C)C)cn1. The van der Waals surface area contributed by atoms with Crippen LogP contribution in [0.2, 0.25) is 0 Å². The Bertz CT molecular complexity index is 443. The zero-order valence-electron chi connectivity index (χ0n) is 11.7. The monoisotopic (exact) mass is 263 g/mol. The van der Waals surface area contributed by atoms with Crippen molar-refractivity contribution in [1.29, 1.82) is 0 Å². The number of methoxy groups -OCH3 is 1. The summed E-state index contributed by atoms with van der Waals surface area (Å²) in [6, 6.07) is 3.36. The van der Waals surface area contributed by atoms with E-state index in [-0.39, 0.29) is 17.4 Å². The lowest BCUT2D eigenvalue weighted by molar-refractivity contribution is -0.121. The molecule has 2 N–H and O–H groups in total. The van der Waals surface area contributed by atoms with Crippen LogP contribution in [0.3, 0.4) is 0 Å². The van der Waals surface area contributed by atoms with Crippen molar-refractivity contribution in [3.63, 3.8) is 0 Å². The molecule has 0 saturated carbocycles. The second-order valence-electron chi connectivity index (χ2n) is 5.56. The van der Waals surface area contributed by atoms with Gasteiger partial charge in [-0.2, -0.15) is 0 Å². The highest BCUT2D eigenvalue weighted by molar-refractivity contribution is 5.95. The largest absolute Gasteiger partial charge is 0.481 e. The molecule has 5 nitrogen and oxygen atoms in total. The molecule has 1 atom stereocenters. The number of hydrogen-bond donors (Lipinski definition) is 2. The summed E-state index contributed by atoms with van der Waals surface area (Å²) in [6.45, 7) is 5.13. The lowest BCUT2D eigenvalue weighted by Crippen LogP contribution is -2.53. The lowest BCUT2D eigenvalue weighted by atomic mass is 9.77. The third-order valence-electron chi connectivity index (χ3n) is 3.60. The van der Waals surface area contributed by atoms with E-state index in [2.05, 4.69) is 29.5 Å². The third-order valence-corrected chi connectivity index (χ3v) is 3.60. The van der Waals surface area contributed by atoms with Gasteiger partial charge in [-0.25, -0.2) is 4.98 Å². The van der Waals surface area contributed by atoms with Crippen LogP contribution in [0.4, 0.5) is 5.69 Å². The molecule has 1 aliphatic rings. The number of aromatic nitrogens is 1. The summed E-state index contributed by atoms with van der Waals surface area (Å²) < 4.78 is 4.99. The Morgan fingerprint density at radius 3 is 2.89 bits per heavy atom. The topological polar surface area (TPSA) is 63.2 Å². The maximum absolute atomic E-state index is 12.3. The molecule has 1 fully saturated rings. The molecule has 1 unspecified atom stereocenters. The second-order valence-corrected chi connectivity index (χ2v) is 5.56. The minimum atomic E-state index is -0.164. The normalized spacial score (nSPS) is 21.7. The van der Waals surface area contributed by atoms with Crippen LogP contribution >= 0.6 is 0 Å². The van der Waals surface area contributed by atoms with Crippen LogP contribution in [0.25, 0.3) is 0 Å².